The molecule has 5 nitrogen and oxygen atoms in total. The zero-order valence-corrected chi connectivity index (χ0v) is 10.4. The maximum Gasteiger partial charge on any atom is 0.254 e. The van der Waals surface area contributed by atoms with Gasteiger partial charge in [0.15, 0.2) is 0 Å². The van der Waals surface area contributed by atoms with E-state index in [0.717, 1.165) is 12.3 Å². The molecule has 0 bridgehead atoms. The molecule has 0 fully saturated rings. The maximum atomic E-state index is 12.9. The van der Waals surface area contributed by atoms with Crippen molar-refractivity contribution in [2.45, 2.75) is 6.42 Å². The number of ether oxygens (including phenoxy) is 1. The van der Waals surface area contributed by atoms with E-state index in [1.54, 1.807) is 0 Å². The molecule has 1 rings (SSSR count). The Kier molecular flexibility index (Phi) is 6.56. The van der Waals surface area contributed by atoms with Crippen molar-refractivity contribution in [3.63, 3.8) is 0 Å². The van der Waals surface area contributed by atoms with Crippen molar-refractivity contribution in [3.05, 3.63) is 28.8 Å². The molecule has 0 atom stereocenters. The van der Waals surface area contributed by atoms with Gasteiger partial charge in [0.1, 0.15) is 11.0 Å². The Hall–Kier alpha value is -1.24. The van der Waals surface area contributed by atoms with Gasteiger partial charge in [0.05, 0.1) is 25.0 Å². The van der Waals surface area contributed by atoms with E-state index in [1.807, 2.05) is 0 Å². The first-order chi connectivity index (χ1) is 8.65. The van der Waals surface area contributed by atoms with Crippen molar-refractivity contribution in [1.82, 2.24) is 10.3 Å². The van der Waals surface area contributed by atoms with Crippen LogP contribution in [0.4, 0.5) is 4.39 Å². The Morgan fingerprint density at radius 1 is 1.56 bits per heavy atom. The van der Waals surface area contributed by atoms with Crippen LogP contribution in [0.5, 0.6) is 0 Å². The minimum Gasteiger partial charge on any atom is -0.394 e. The molecule has 2 N–H and O–H groups in total. The van der Waals surface area contributed by atoms with Crippen molar-refractivity contribution >= 4 is 17.5 Å². The van der Waals surface area contributed by atoms with Crippen molar-refractivity contribution in [3.8, 4) is 0 Å². The summed E-state index contributed by atoms with van der Waals surface area (Å²) >= 11 is 5.68. The summed E-state index contributed by atoms with van der Waals surface area (Å²) in [5.41, 5.74) is 0.00735. The average Bonchev–Trinajstić information content (AvgIpc) is 2.36. The van der Waals surface area contributed by atoms with Crippen LogP contribution < -0.4 is 5.32 Å². The molecule has 1 aromatic heterocycles. The molecule has 0 aliphatic heterocycles. The van der Waals surface area contributed by atoms with E-state index in [-0.39, 0.29) is 23.9 Å². The average molecular weight is 277 g/mol. The van der Waals surface area contributed by atoms with Crippen LogP contribution in [-0.4, -0.2) is 42.4 Å². The number of pyridine rings is 1. The van der Waals surface area contributed by atoms with E-state index >= 15 is 0 Å². The van der Waals surface area contributed by atoms with Crippen LogP contribution in [-0.2, 0) is 4.74 Å². The van der Waals surface area contributed by atoms with Gasteiger partial charge in [-0.3, -0.25) is 4.79 Å². The Morgan fingerprint density at radius 2 is 2.33 bits per heavy atom. The third-order valence-electron chi connectivity index (χ3n) is 2.04. The fourth-order valence-corrected chi connectivity index (χ4v) is 1.41. The number of rotatable bonds is 7. The maximum absolute atomic E-state index is 12.9. The molecule has 0 aliphatic carbocycles. The lowest BCUT2D eigenvalue weighted by atomic mass is 10.2. The largest absolute Gasteiger partial charge is 0.394 e. The van der Waals surface area contributed by atoms with Gasteiger partial charge < -0.3 is 15.2 Å². The van der Waals surface area contributed by atoms with E-state index in [4.69, 9.17) is 21.4 Å². The van der Waals surface area contributed by atoms with Gasteiger partial charge in [-0.1, -0.05) is 11.6 Å². The molecular weight excluding hydrogens is 263 g/mol. The van der Waals surface area contributed by atoms with Gasteiger partial charge in [-0.05, 0) is 12.5 Å². The van der Waals surface area contributed by atoms with Crippen LogP contribution in [0.2, 0.25) is 5.15 Å². The van der Waals surface area contributed by atoms with Crippen LogP contribution >= 0.6 is 11.6 Å². The number of carbonyl (C=O) groups is 1. The number of halogens is 2. The fourth-order valence-electron chi connectivity index (χ4n) is 1.22. The number of amides is 1. The van der Waals surface area contributed by atoms with Gasteiger partial charge in [0.2, 0.25) is 0 Å². The summed E-state index contributed by atoms with van der Waals surface area (Å²) in [6, 6.07) is 1.03. The first-order valence-electron chi connectivity index (χ1n) is 5.43. The first-order valence-corrected chi connectivity index (χ1v) is 5.81. The number of hydrogen-bond donors (Lipinski definition) is 2. The zero-order chi connectivity index (χ0) is 13.4. The second-order valence-electron chi connectivity index (χ2n) is 3.44. The molecule has 18 heavy (non-hydrogen) atoms. The zero-order valence-electron chi connectivity index (χ0n) is 9.66. The number of nitrogens with one attached hydrogen (secondary N) is 1. The highest BCUT2D eigenvalue weighted by molar-refractivity contribution is 6.32. The highest BCUT2D eigenvalue weighted by Crippen LogP contribution is 2.13. The lowest BCUT2D eigenvalue weighted by Gasteiger charge is -2.06. The molecule has 7 heteroatoms. The first kappa shape index (κ1) is 14.8. The minimum atomic E-state index is -0.615. The second-order valence-corrected chi connectivity index (χ2v) is 3.80. The molecular formula is C11H14ClFN2O3. The molecule has 0 aliphatic rings. The molecule has 1 amide bonds. The molecule has 0 saturated carbocycles. The SMILES string of the molecule is O=C(NCCCOCCO)c1cc(F)cnc1Cl. The van der Waals surface area contributed by atoms with Gasteiger partial charge >= 0.3 is 0 Å². The molecule has 0 aromatic carbocycles. The van der Waals surface area contributed by atoms with Crippen molar-refractivity contribution < 1.29 is 19.0 Å². The predicted octanol–water partition coefficient (Wildman–Crippen LogP) is 1.00. The van der Waals surface area contributed by atoms with Crippen LogP contribution in [0.3, 0.4) is 0 Å². The number of hydrogen-bond acceptors (Lipinski definition) is 4. The number of carbonyl (C=O) groups excluding carboxylic acids is 1. The summed E-state index contributed by atoms with van der Waals surface area (Å²) in [5, 5.41) is 11.0. The lowest BCUT2D eigenvalue weighted by Crippen LogP contribution is -2.26. The number of aliphatic hydroxyl groups is 1. The third kappa shape index (κ3) is 4.95. The van der Waals surface area contributed by atoms with E-state index < -0.39 is 11.7 Å². The summed E-state index contributed by atoms with van der Waals surface area (Å²) in [6.07, 6.45) is 1.54. The molecule has 100 valence electrons. The Morgan fingerprint density at radius 3 is 3.06 bits per heavy atom. The van der Waals surface area contributed by atoms with Crippen molar-refractivity contribution in [2.75, 3.05) is 26.4 Å². The highest BCUT2D eigenvalue weighted by Gasteiger charge is 2.11. The van der Waals surface area contributed by atoms with E-state index in [1.165, 1.54) is 0 Å². The fraction of sp³-hybridized carbons (Fsp3) is 0.455. The molecule has 0 spiro atoms. The predicted molar refractivity (Wildman–Crippen MR) is 64.1 cm³/mol. The minimum absolute atomic E-state index is 0.00735. The topological polar surface area (TPSA) is 71.5 Å². The highest BCUT2D eigenvalue weighted by atomic mass is 35.5. The summed E-state index contributed by atoms with van der Waals surface area (Å²) in [5.74, 6) is -1.09. The van der Waals surface area contributed by atoms with Gasteiger partial charge in [0.25, 0.3) is 5.91 Å². The lowest BCUT2D eigenvalue weighted by molar-refractivity contribution is 0.0867. The summed E-state index contributed by atoms with van der Waals surface area (Å²) < 4.78 is 17.9. The van der Waals surface area contributed by atoms with Gasteiger partial charge in [-0.2, -0.15) is 0 Å². The summed E-state index contributed by atoms with van der Waals surface area (Å²) in [6.45, 7) is 1.04. The Balaban J connectivity index is 2.34. The Bertz CT molecular complexity index is 404. The van der Waals surface area contributed by atoms with Crippen molar-refractivity contribution in [2.24, 2.45) is 0 Å². The number of nitrogens with zero attached hydrogens (tertiary/aromatic N) is 1. The van der Waals surface area contributed by atoms with Crippen LogP contribution in [0.15, 0.2) is 12.3 Å². The molecule has 0 saturated heterocycles. The van der Waals surface area contributed by atoms with Gasteiger partial charge in [-0.25, -0.2) is 9.37 Å². The van der Waals surface area contributed by atoms with Crippen molar-refractivity contribution in [1.29, 1.82) is 0 Å². The van der Waals surface area contributed by atoms with Crippen LogP contribution in [0, 0.1) is 5.82 Å². The third-order valence-corrected chi connectivity index (χ3v) is 2.34. The second kappa shape index (κ2) is 7.97. The van der Waals surface area contributed by atoms with Gasteiger partial charge in [0, 0.05) is 13.2 Å². The Labute approximate surface area is 109 Å². The van der Waals surface area contributed by atoms with E-state index in [9.17, 15) is 9.18 Å². The standard InChI is InChI=1S/C11H14ClFN2O3/c12-10-9(6-8(13)7-15-10)11(17)14-2-1-4-18-5-3-16/h6-7,16H,1-5H2,(H,14,17). The normalized spacial score (nSPS) is 10.4. The van der Waals surface area contributed by atoms with E-state index in [0.29, 0.717) is 19.6 Å². The van der Waals surface area contributed by atoms with Gasteiger partial charge in [-0.15, -0.1) is 0 Å². The quantitative estimate of drug-likeness (QED) is 0.576. The van der Waals surface area contributed by atoms with E-state index in [2.05, 4.69) is 10.3 Å². The monoisotopic (exact) mass is 276 g/mol. The number of aliphatic hydroxyl groups excluding tert-OH is 1. The molecule has 1 heterocycles. The van der Waals surface area contributed by atoms with Crippen LogP contribution in [0.25, 0.3) is 0 Å². The van der Waals surface area contributed by atoms with Crippen LogP contribution in [0.1, 0.15) is 16.8 Å². The molecule has 1 aromatic rings. The summed E-state index contributed by atoms with van der Waals surface area (Å²) in [4.78, 5) is 15.2. The molecule has 0 unspecified atom stereocenters. The molecule has 0 radical (unpaired) electrons. The number of aromatic nitrogens is 1. The summed E-state index contributed by atoms with van der Waals surface area (Å²) in [7, 11) is 0. The smallest absolute Gasteiger partial charge is 0.254 e.